The highest BCUT2D eigenvalue weighted by Gasteiger charge is 2.39. The van der Waals surface area contributed by atoms with Crippen molar-refractivity contribution in [1.29, 1.82) is 0 Å². The molecule has 2 atom stereocenters. The van der Waals surface area contributed by atoms with E-state index in [1.165, 1.54) is 19.3 Å². The first-order chi connectivity index (χ1) is 24.6. The number of aliphatic hydroxyl groups is 5. The number of unbranched alkanes of at least 4 members (excludes halogenated alkanes) is 11. The normalized spacial score (nSPS) is 14.1. The molecule has 0 spiro atoms. The quantitative estimate of drug-likeness (QED) is 0.0348. The van der Waals surface area contributed by atoms with Crippen LogP contribution in [0.4, 0.5) is 0 Å². The average Bonchev–Trinajstić information content (AvgIpc) is 3.15. The third-order valence-corrected chi connectivity index (χ3v) is 9.13. The van der Waals surface area contributed by atoms with E-state index < -0.39 is 67.2 Å². The second-order valence-electron chi connectivity index (χ2n) is 14.4. The maximum atomic E-state index is 12.7. The number of esters is 3. The summed E-state index contributed by atoms with van der Waals surface area (Å²) in [7, 11) is 0. The lowest BCUT2D eigenvalue weighted by Crippen LogP contribution is -2.47. The van der Waals surface area contributed by atoms with E-state index >= 15 is 0 Å². The van der Waals surface area contributed by atoms with E-state index in [9.17, 15) is 39.9 Å². The number of aliphatic hydroxyl groups excluding tert-OH is 5. The highest BCUT2D eigenvalue weighted by Crippen LogP contribution is 2.26. The van der Waals surface area contributed by atoms with Gasteiger partial charge in [-0.3, -0.25) is 14.4 Å². The minimum atomic E-state index is -1.33. The summed E-state index contributed by atoms with van der Waals surface area (Å²) in [6, 6.07) is 0. The van der Waals surface area contributed by atoms with Crippen LogP contribution in [0, 0.1) is 16.2 Å². The minimum Gasteiger partial charge on any atom is -0.465 e. The lowest BCUT2D eigenvalue weighted by Gasteiger charge is -2.35. The fourth-order valence-electron chi connectivity index (χ4n) is 5.12. The van der Waals surface area contributed by atoms with Crippen molar-refractivity contribution in [1.82, 2.24) is 0 Å². The molecule has 0 rings (SSSR count). The lowest BCUT2D eigenvalue weighted by atomic mass is 9.89. The highest BCUT2D eigenvalue weighted by molar-refractivity contribution is 5.70. The summed E-state index contributed by atoms with van der Waals surface area (Å²) in [5.74, 6) is -1.33. The van der Waals surface area contributed by atoms with Gasteiger partial charge in [-0.1, -0.05) is 91.4 Å². The Morgan fingerprint density at radius 1 is 0.373 bits per heavy atom. The molecule has 5 N–H and O–H groups in total. The van der Waals surface area contributed by atoms with Crippen molar-refractivity contribution in [2.24, 2.45) is 16.2 Å². The van der Waals surface area contributed by atoms with E-state index in [2.05, 4.69) is 13.8 Å². The van der Waals surface area contributed by atoms with E-state index in [1.54, 1.807) is 0 Å². The van der Waals surface area contributed by atoms with E-state index in [0.29, 0.717) is 19.3 Å². The minimum absolute atomic E-state index is 0.185. The van der Waals surface area contributed by atoms with Gasteiger partial charge in [-0.2, -0.15) is 0 Å². The van der Waals surface area contributed by atoms with Gasteiger partial charge >= 0.3 is 17.9 Å². The molecule has 0 aromatic heterocycles. The van der Waals surface area contributed by atoms with Gasteiger partial charge in [0.2, 0.25) is 0 Å². The molecule has 0 aromatic rings. The first kappa shape index (κ1) is 49.1. The SMILES string of the molecule is CCCCCCCCCC(=O)OCC(CO)(COCC(CO)(COCC(CO)(CO)CO)COC(=O)CCCC)COC(=O)CCCCCCC. The molecule has 13 nitrogen and oxygen atoms in total. The van der Waals surface area contributed by atoms with Crippen LogP contribution in [0.15, 0.2) is 0 Å². The van der Waals surface area contributed by atoms with Gasteiger partial charge in [0.15, 0.2) is 0 Å². The molecule has 0 bridgehead atoms. The Balaban J connectivity index is 5.72. The summed E-state index contributed by atoms with van der Waals surface area (Å²) in [5, 5.41) is 50.2. The molecule has 0 saturated carbocycles. The monoisotopic (exact) mass is 736 g/mol. The zero-order valence-electron chi connectivity index (χ0n) is 32.0. The Kier molecular flexibility index (Phi) is 29.5. The van der Waals surface area contributed by atoms with Crippen molar-refractivity contribution in [3.63, 3.8) is 0 Å². The highest BCUT2D eigenvalue weighted by atomic mass is 16.6. The third-order valence-electron chi connectivity index (χ3n) is 9.13. The van der Waals surface area contributed by atoms with Crippen molar-refractivity contribution in [3.05, 3.63) is 0 Å². The van der Waals surface area contributed by atoms with Crippen molar-refractivity contribution in [3.8, 4) is 0 Å². The van der Waals surface area contributed by atoms with Gasteiger partial charge in [-0.25, -0.2) is 0 Å². The first-order valence-electron chi connectivity index (χ1n) is 19.3. The van der Waals surface area contributed by atoms with Crippen LogP contribution in [0.3, 0.4) is 0 Å². The third kappa shape index (κ3) is 22.7. The maximum absolute atomic E-state index is 12.7. The van der Waals surface area contributed by atoms with Crippen LogP contribution in [0.5, 0.6) is 0 Å². The fraction of sp³-hybridized carbons (Fsp3) is 0.921. The number of carbonyl (C=O) groups is 3. The zero-order valence-corrected chi connectivity index (χ0v) is 32.0. The van der Waals surface area contributed by atoms with Crippen LogP contribution >= 0.6 is 0 Å². The Labute approximate surface area is 306 Å². The predicted molar refractivity (Wildman–Crippen MR) is 193 cm³/mol. The largest absolute Gasteiger partial charge is 0.465 e. The summed E-state index contributed by atoms with van der Waals surface area (Å²) < 4.78 is 28.4. The van der Waals surface area contributed by atoms with Crippen LogP contribution < -0.4 is 0 Å². The van der Waals surface area contributed by atoms with Crippen LogP contribution in [-0.4, -0.2) is 123 Å². The molecule has 0 aliphatic rings. The summed E-state index contributed by atoms with van der Waals surface area (Å²) in [6.07, 6.45) is 14.1. The molecule has 51 heavy (non-hydrogen) atoms. The first-order valence-corrected chi connectivity index (χ1v) is 19.3. The fourth-order valence-corrected chi connectivity index (χ4v) is 5.12. The maximum Gasteiger partial charge on any atom is 0.305 e. The predicted octanol–water partition coefficient (Wildman–Crippen LogP) is 4.26. The topological polar surface area (TPSA) is 199 Å². The number of ether oxygens (including phenoxy) is 5. The summed E-state index contributed by atoms with van der Waals surface area (Å²) in [4.78, 5) is 37.7. The van der Waals surface area contributed by atoms with E-state index in [0.717, 1.165) is 51.4 Å². The summed E-state index contributed by atoms with van der Waals surface area (Å²) >= 11 is 0. The standard InChI is InChI=1S/C38H72O13/c1-4-7-10-12-13-15-17-20-35(46)51-32-38(25-43,31-50-34(45)19-16-14-11-8-5-2)29-48-28-37(24-42,30-49-33(44)18-9-6-3)27-47-26-36(21-39,22-40)23-41/h39-43H,4-32H2,1-3H3. The number of carbonyl (C=O) groups excluding carboxylic acids is 3. The van der Waals surface area contributed by atoms with Gasteiger partial charge in [0, 0.05) is 19.3 Å². The lowest BCUT2D eigenvalue weighted by molar-refractivity contribution is -0.167. The van der Waals surface area contributed by atoms with Crippen molar-refractivity contribution in [2.45, 2.75) is 130 Å². The Morgan fingerprint density at radius 2 is 0.647 bits per heavy atom. The smallest absolute Gasteiger partial charge is 0.305 e. The summed E-state index contributed by atoms with van der Waals surface area (Å²) in [5.41, 5.74) is -3.95. The van der Waals surface area contributed by atoms with Gasteiger partial charge in [0.05, 0.1) is 75.7 Å². The zero-order chi connectivity index (χ0) is 38.3. The second-order valence-corrected chi connectivity index (χ2v) is 14.4. The van der Waals surface area contributed by atoms with Crippen molar-refractivity contribution >= 4 is 17.9 Å². The molecule has 302 valence electrons. The number of rotatable bonds is 36. The molecule has 0 heterocycles. The van der Waals surface area contributed by atoms with Crippen LogP contribution in [-0.2, 0) is 38.1 Å². The van der Waals surface area contributed by atoms with Crippen LogP contribution in [0.1, 0.15) is 130 Å². The van der Waals surface area contributed by atoms with Crippen LogP contribution in [0.2, 0.25) is 0 Å². The van der Waals surface area contributed by atoms with Gasteiger partial charge in [-0.05, 0) is 19.3 Å². The molecular formula is C38H72O13. The summed E-state index contributed by atoms with van der Waals surface area (Å²) in [6.45, 7) is 1.65. The Bertz CT molecular complexity index is 874. The molecule has 0 aliphatic heterocycles. The number of hydrogen-bond donors (Lipinski definition) is 5. The molecule has 0 amide bonds. The molecule has 0 radical (unpaired) electrons. The molecule has 0 saturated heterocycles. The van der Waals surface area contributed by atoms with Crippen molar-refractivity contribution < 1.29 is 63.6 Å². The van der Waals surface area contributed by atoms with Crippen LogP contribution in [0.25, 0.3) is 0 Å². The molecule has 0 fully saturated rings. The van der Waals surface area contributed by atoms with Crippen molar-refractivity contribution in [2.75, 3.05) is 79.3 Å². The van der Waals surface area contributed by atoms with E-state index in [4.69, 9.17) is 23.7 Å². The molecule has 0 aromatic carbocycles. The molecule has 13 heteroatoms. The van der Waals surface area contributed by atoms with Gasteiger partial charge in [-0.15, -0.1) is 0 Å². The van der Waals surface area contributed by atoms with E-state index in [-0.39, 0.29) is 65.5 Å². The molecular weight excluding hydrogens is 664 g/mol. The second kappa shape index (κ2) is 30.6. The van der Waals surface area contributed by atoms with Gasteiger partial charge < -0.3 is 49.2 Å². The Hall–Kier alpha value is -1.87. The Morgan fingerprint density at radius 3 is 0.980 bits per heavy atom. The van der Waals surface area contributed by atoms with E-state index in [1.807, 2.05) is 6.92 Å². The molecule has 0 aliphatic carbocycles. The molecule has 2 unspecified atom stereocenters. The average molecular weight is 737 g/mol. The number of hydrogen-bond acceptors (Lipinski definition) is 13. The van der Waals surface area contributed by atoms with Gasteiger partial charge in [0.25, 0.3) is 0 Å². The van der Waals surface area contributed by atoms with Gasteiger partial charge in [0.1, 0.15) is 19.8 Å².